The number of methoxy groups -OCH3 is 2. The van der Waals surface area contributed by atoms with E-state index in [2.05, 4.69) is 0 Å². The number of anilines is 1. The molecule has 0 radical (unpaired) electrons. The number of amides is 2. The van der Waals surface area contributed by atoms with Gasteiger partial charge in [-0.25, -0.2) is 9.59 Å². The highest BCUT2D eigenvalue weighted by Gasteiger charge is 2.24. The van der Waals surface area contributed by atoms with Crippen molar-refractivity contribution in [2.24, 2.45) is 0 Å². The molecule has 6 nitrogen and oxygen atoms in total. The summed E-state index contributed by atoms with van der Waals surface area (Å²) in [4.78, 5) is 28.5. The van der Waals surface area contributed by atoms with Crippen molar-refractivity contribution >= 4 is 29.4 Å². The van der Waals surface area contributed by atoms with Crippen LogP contribution in [0.15, 0.2) is 48.5 Å². The molecule has 3 rings (SSSR count). The first-order valence-electron chi connectivity index (χ1n) is 9.08. The number of hydrogen-bond acceptors (Lipinski definition) is 5. The molecule has 1 fully saturated rings. The molecule has 2 aromatic carbocycles. The predicted molar refractivity (Wildman–Crippen MR) is 111 cm³/mol. The highest BCUT2D eigenvalue weighted by molar-refractivity contribution is 7.99. The molecule has 0 bridgehead atoms. The summed E-state index contributed by atoms with van der Waals surface area (Å²) in [5, 5.41) is 0. The monoisotopic (exact) mass is 400 g/mol. The first-order chi connectivity index (χ1) is 13.6. The van der Waals surface area contributed by atoms with Crippen molar-refractivity contribution in [2.75, 3.05) is 43.7 Å². The maximum Gasteiger partial charge on any atom is 0.337 e. The van der Waals surface area contributed by atoms with Crippen molar-refractivity contribution < 1.29 is 19.1 Å². The highest BCUT2D eigenvalue weighted by Crippen LogP contribution is 2.24. The lowest BCUT2D eigenvalue weighted by atomic mass is 10.1. The Labute approximate surface area is 169 Å². The van der Waals surface area contributed by atoms with Crippen LogP contribution in [-0.2, 0) is 11.3 Å². The molecular formula is C21H24N2O4S. The second kappa shape index (κ2) is 9.50. The third-order valence-electron chi connectivity index (χ3n) is 4.61. The molecule has 2 aromatic rings. The van der Waals surface area contributed by atoms with Crippen LogP contribution in [0.5, 0.6) is 5.75 Å². The smallest absolute Gasteiger partial charge is 0.337 e. The van der Waals surface area contributed by atoms with E-state index in [0.29, 0.717) is 12.1 Å². The molecular weight excluding hydrogens is 376 g/mol. The fraction of sp³-hybridized carbons (Fsp3) is 0.333. The van der Waals surface area contributed by atoms with Crippen LogP contribution in [0, 0.1) is 0 Å². The first-order valence-corrected chi connectivity index (χ1v) is 10.2. The summed E-state index contributed by atoms with van der Waals surface area (Å²) in [5.74, 6) is 2.28. The minimum Gasteiger partial charge on any atom is -0.497 e. The van der Waals surface area contributed by atoms with Gasteiger partial charge in [0.05, 0.1) is 26.3 Å². The lowest BCUT2D eigenvalue weighted by Gasteiger charge is -2.33. The number of nitrogens with zero attached hydrogens (tertiary/aromatic N) is 2. The zero-order chi connectivity index (χ0) is 19.9. The zero-order valence-corrected chi connectivity index (χ0v) is 16.9. The standard InChI is InChI=1S/C21H24N2O4S/c1-26-19-9-7-18(8-10-19)23(21(25)22-11-13-28-14-12-22)15-16-3-5-17(6-4-16)20(24)27-2/h3-10H,11-15H2,1-2H3. The molecule has 0 atom stereocenters. The van der Waals surface area contributed by atoms with E-state index in [-0.39, 0.29) is 12.0 Å². The summed E-state index contributed by atoms with van der Waals surface area (Å²) in [7, 11) is 2.98. The van der Waals surface area contributed by atoms with Gasteiger partial charge in [0, 0.05) is 30.3 Å². The van der Waals surface area contributed by atoms with Gasteiger partial charge in [0.1, 0.15) is 5.75 Å². The molecule has 1 saturated heterocycles. The van der Waals surface area contributed by atoms with E-state index < -0.39 is 0 Å². The highest BCUT2D eigenvalue weighted by atomic mass is 32.2. The molecule has 28 heavy (non-hydrogen) atoms. The maximum atomic E-state index is 13.2. The normalized spacial score (nSPS) is 13.7. The lowest BCUT2D eigenvalue weighted by molar-refractivity contribution is 0.0600. The van der Waals surface area contributed by atoms with Crippen LogP contribution in [0.3, 0.4) is 0 Å². The number of rotatable bonds is 5. The minimum atomic E-state index is -0.375. The Morgan fingerprint density at radius 3 is 2.21 bits per heavy atom. The summed E-state index contributed by atoms with van der Waals surface area (Å²) in [6.45, 7) is 1.91. The Balaban J connectivity index is 1.84. The largest absolute Gasteiger partial charge is 0.497 e. The van der Waals surface area contributed by atoms with Gasteiger partial charge in [-0.2, -0.15) is 11.8 Å². The summed E-state index contributed by atoms with van der Waals surface area (Å²) in [6, 6.07) is 14.6. The summed E-state index contributed by atoms with van der Waals surface area (Å²) >= 11 is 1.87. The third-order valence-corrected chi connectivity index (χ3v) is 5.55. The van der Waals surface area contributed by atoms with Gasteiger partial charge in [0.15, 0.2) is 0 Å². The van der Waals surface area contributed by atoms with Crippen LogP contribution in [0.2, 0.25) is 0 Å². The van der Waals surface area contributed by atoms with E-state index in [9.17, 15) is 9.59 Å². The van der Waals surface area contributed by atoms with Crippen molar-refractivity contribution in [2.45, 2.75) is 6.54 Å². The van der Waals surface area contributed by atoms with Crippen LogP contribution in [0.25, 0.3) is 0 Å². The topological polar surface area (TPSA) is 59.1 Å². The number of urea groups is 1. The molecule has 0 aromatic heterocycles. The Morgan fingerprint density at radius 1 is 1.00 bits per heavy atom. The molecule has 1 heterocycles. The molecule has 0 spiro atoms. The summed E-state index contributed by atoms with van der Waals surface area (Å²) in [5.41, 5.74) is 2.23. The molecule has 0 unspecified atom stereocenters. The fourth-order valence-corrected chi connectivity index (χ4v) is 3.91. The fourth-order valence-electron chi connectivity index (χ4n) is 3.00. The second-order valence-corrected chi connectivity index (χ2v) is 7.58. The molecule has 0 saturated carbocycles. The van der Waals surface area contributed by atoms with Gasteiger partial charge in [-0.3, -0.25) is 4.90 Å². The average molecular weight is 401 g/mol. The molecule has 148 valence electrons. The number of benzene rings is 2. The Morgan fingerprint density at radius 2 is 1.64 bits per heavy atom. The number of ether oxygens (including phenoxy) is 2. The van der Waals surface area contributed by atoms with E-state index in [4.69, 9.17) is 9.47 Å². The van der Waals surface area contributed by atoms with Crippen molar-refractivity contribution in [1.29, 1.82) is 0 Å². The van der Waals surface area contributed by atoms with Crippen molar-refractivity contribution in [3.05, 3.63) is 59.7 Å². The van der Waals surface area contributed by atoms with Crippen LogP contribution in [0.1, 0.15) is 15.9 Å². The molecule has 1 aliphatic rings. The number of carbonyl (C=O) groups excluding carboxylic acids is 2. The van der Waals surface area contributed by atoms with Gasteiger partial charge in [-0.1, -0.05) is 12.1 Å². The maximum absolute atomic E-state index is 13.2. The molecule has 7 heteroatoms. The number of thioether (sulfide) groups is 1. The predicted octanol–water partition coefficient (Wildman–Crippen LogP) is 3.66. The Hall–Kier alpha value is -2.67. The van der Waals surface area contributed by atoms with Gasteiger partial charge in [0.2, 0.25) is 0 Å². The number of carbonyl (C=O) groups is 2. The van der Waals surface area contributed by atoms with E-state index in [0.717, 1.165) is 41.6 Å². The summed E-state index contributed by atoms with van der Waals surface area (Å²) in [6.07, 6.45) is 0. The lowest BCUT2D eigenvalue weighted by Crippen LogP contribution is -2.46. The summed E-state index contributed by atoms with van der Waals surface area (Å²) < 4.78 is 9.97. The van der Waals surface area contributed by atoms with Gasteiger partial charge in [-0.15, -0.1) is 0 Å². The number of esters is 1. The van der Waals surface area contributed by atoms with E-state index in [1.807, 2.05) is 53.1 Å². The van der Waals surface area contributed by atoms with Crippen molar-refractivity contribution in [3.63, 3.8) is 0 Å². The molecule has 0 aliphatic carbocycles. The van der Waals surface area contributed by atoms with Crippen LogP contribution < -0.4 is 9.64 Å². The average Bonchev–Trinajstić information content (AvgIpc) is 2.77. The molecule has 0 N–H and O–H groups in total. The van der Waals surface area contributed by atoms with E-state index >= 15 is 0 Å². The second-order valence-electron chi connectivity index (χ2n) is 6.35. The van der Waals surface area contributed by atoms with Crippen molar-refractivity contribution in [3.8, 4) is 5.75 Å². The third kappa shape index (κ3) is 4.78. The van der Waals surface area contributed by atoms with Gasteiger partial charge >= 0.3 is 12.0 Å². The van der Waals surface area contributed by atoms with Gasteiger partial charge in [-0.05, 0) is 42.0 Å². The quantitative estimate of drug-likeness (QED) is 0.717. The van der Waals surface area contributed by atoms with Crippen molar-refractivity contribution in [1.82, 2.24) is 4.90 Å². The SMILES string of the molecule is COC(=O)c1ccc(CN(C(=O)N2CCSCC2)c2ccc(OC)cc2)cc1. The van der Waals surface area contributed by atoms with Gasteiger partial charge in [0.25, 0.3) is 0 Å². The van der Waals surface area contributed by atoms with E-state index in [1.165, 1.54) is 7.11 Å². The first kappa shape index (κ1) is 20.1. The van der Waals surface area contributed by atoms with Crippen LogP contribution in [0.4, 0.5) is 10.5 Å². The number of hydrogen-bond donors (Lipinski definition) is 0. The molecule has 1 aliphatic heterocycles. The molecule has 2 amide bonds. The Kier molecular flexibility index (Phi) is 6.81. The van der Waals surface area contributed by atoms with E-state index in [1.54, 1.807) is 24.1 Å². The zero-order valence-electron chi connectivity index (χ0n) is 16.1. The van der Waals surface area contributed by atoms with Crippen LogP contribution in [-0.4, -0.2) is 55.7 Å². The van der Waals surface area contributed by atoms with Gasteiger partial charge < -0.3 is 14.4 Å². The Bertz CT molecular complexity index is 802. The van der Waals surface area contributed by atoms with Crippen LogP contribution >= 0.6 is 11.8 Å². The minimum absolute atomic E-state index is 0.0116.